The van der Waals surface area contributed by atoms with E-state index < -0.39 is 0 Å². The van der Waals surface area contributed by atoms with Crippen LogP contribution < -0.4 is 10.6 Å². The van der Waals surface area contributed by atoms with Crippen LogP contribution in [0.15, 0.2) is 29.8 Å². The number of anilines is 3. The van der Waals surface area contributed by atoms with Gasteiger partial charge >= 0.3 is 0 Å². The van der Waals surface area contributed by atoms with Gasteiger partial charge in [-0.2, -0.15) is 15.0 Å². The highest BCUT2D eigenvalue weighted by atomic mass is 35.5. The SMILES string of the molecule is Cc1ccc(Nc2nc(Cl)nc(NCCC3=CCCCC3)n2)cc1Cl. The van der Waals surface area contributed by atoms with Crippen LogP contribution in [0, 0.1) is 6.92 Å². The zero-order chi connectivity index (χ0) is 17.6. The van der Waals surface area contributed by atoms with Crippen molar-refractivity contribution in [2.45, 2.75) is 39.0 Å². The van der Waals surface area contributed by atoms with Gasteiger partial charge in [-0.15, -0.1) is 0 Å². The first-order valence-corrected chi connectivity index (χ1v) is 9.22. The van der Waals surface area contributed by atoms with E-state index in [1.165, 1.54) is 31.3 Å². The number of hydrogen-bond acceptors (Lipinski definition) is 5. The fraction of sp³-hybridized carbons (Fsp3) is 0.389. The van der Waals surface area contributed by atoms with Crippen molar-refractivity contribution in [3.05, 3.63) is 45.7 Å². The number of aryl methyl sites for hydroxylation is 1. The summed E-state index contributed by atoms with van der Waals surface area (Å²) in [4.78, 5) is 12.6. The first-order chi connectivity index (χ1) is 12.1. The molecule has 0 radical (unpaired) electrons. The van der Waals surface area contributed by atoms with Crippen LogP contribution in [0.4, 0.5) is 17.6 Å². The Morgan fingerprint density at radius 1 is 1.08 bits per heavy atom. The Bertz CT molecular complexity index is 776. The zero-order valence-corrected chi connectivity index (χ0v) is 15.7. The lowest BCUT2D eigenvalue weighted by atomic mass is 9.97. The lowest BCUT2D eigenvalue weighted by Gasteiger charge is -2.13. The molecule has 0 saturated heterocycles. The van der Waals surface area contributed by atoms with Gasteiger partial charge in [-0.3, -0.25) is 0 Å². The standard InChI is InChI=1S/C18H21Cl2N5/c1-12-7-8-14(11-15(12)19)22-18-24-16(20)23-17(25-18)21-10-9-13-5-3-2-4-6-13/h5,7-8,11H,2-4,6,9-10H2,1H3,(H2,21,22,23,24,25). The van der Waals surface area contributed by atoms with Gasteiger partial charge in [0.15, 0.2) is 0 Å². The number of nitrogens with one attached hydrogen (secondary N) is 2. The lowest BCUT2D eigenvalue weighted by molar-refractivity contribution is 0.679. The number of nitrogens with zero attached hydrogens (tertiary/aromatic N) is 3. The molecule has 1 heterocycles. The predicted octanol–water partition coefficient (Wildman–Crippen LogP) is 5.53. The van der Waals surface area contributed by atoms with Crippen molar-refractivity contribution in [1.29, 1.82) is 0 Å². The van der Waals surface area contributed by atoms with Crippen molar-refractivity contribution in [1.82, 2.24) is 15.0 Å². The zero-order valence-electron chi connectivity index (χ0n) is 14.1. The van der Waals surface area contributed by atoms with Gasteiger partial charge in [0.05, 0.1) is 0 Å². The molecule has 1 aromatic heterocycles. The third-order valence-electron chi connectivity index (χ3n) is 4.15. The van der Waals surface area contributed by atoms with E-state index in [4.69, 9.17) is 23.2 Å². The molecule has 5 nitrogen and oxygen atoms in total. The van der Waals surface area contributed by atoms with Crippen LogP contribution in [0.3, 0.4) is 0 Å². The number of hydrogen-bond donors (Lipinski definition) is 2. The highest BCUT2D eigenvalue weighted by molar-refractivity contribution is 6.31. The third-order valence-corrected chi connectivity index (χ3v) is 4.73. The summed E-state index contributed by atoms with van der Waals surface area (Å²) in [5.41, 5.74) is 3.32. The Morgan fingerprint density at radius 2 is 1.92 bits per heavy atom. The Kier molecular flexibility index (Phi) is 6.10. The first-order valence-electron chi connectivity index (χ1n) is 8.47. The molecule has 7 heteroatoms. The maximum Gasteiger partial charge on any atom is 0.233 e. The highest BCUT2D eigenvalue weighted by Crippen LogP contribution is 2.23. The number of rotatable bonds is 6. The smallest absolute Gasteiger partial charge is 0.233 e. The van der Waals surface area contributed by atoms with Gasteiger partial charge < -0.3 is 10.6 Å². The molecule has 3 rings (SSSR count). The van der Waals surface area contributed by atoms with Gasteiger partial charge in [0.1, 0.15) is 0 Å². The van der Waals surface area contributed by atoms with Crippen LogP contribution in [0.5, 0.6) is 0 Å². The van der Waals surface area contributed by atoms with Crippen molar-refractivity contribution in [3.63, 3.8) is 0 Å². The molecule has 0 amide bonds. The minimum atomic E-state index is 0.148. The maximum atomic E-state index is 6.15. The van der Waals surface area contributed by atoms with Crippen LogP contribution in [-0.4, -0.2) is 21.5 Å². The van der Waals surface area contributed by atoms with Crippen molar-refractivity contribution in [2.75, 3.05) is 17.2 Å². The molecule has 1 aromatic carbocycles. The van der Waals surface area contributed by atoms with Gasteiger partial charge in [0.25, 0.3) is 0 Å². The Balaban J connectivity index is 1.63. The molecule has 132 valence electrons. The Hall–Kier alpha value is -1.85. The summed E-state index contributed by atoms with van der Waals surface area (Å²) in [6.45, 7) is 2.73. The van der Waals surface area contributed by atoms with E-state index >= 15 is 0 Å². The van der Waals surface area contributed by atoms with Gasteiger partial charge in [-0.1, -0.05) is 29.3 Å². The van der Waals surface area contributed by atoms with E-state index in [0.717, 1.165) is 24.2 Å². The van der Waals surface area contributed by atoms with Crippen LogP contribution in [0.1, 0.15) is 37.7 Å². The van der Waals surface area contributed by atoms with E-state index in [2.05, 4.69) is 31.7 Å². The molecule has 1 aliphatic rings. The van der Waals surface area contributed by atoms with Crippen molar-refractivity contribution >= 4 is 40.8 Å². The average Bonchev–Trinajstić information content (AvgIpc) is 2.59. The highest BCUT2D eigenvalue weighted by Gasteiger charge is 2.08. The van der Waals surface area contributed by atoms with Crippen LogP contribution >= 0.6 is 23.2 Å². The molecule has 1 aliphatic carbocycles. The normalized spacial score (nSPS) is 14.1. The van der Waals surface area contributed by atoms with E-state index in [-0.39, 0.29) is 5.28 Å². The van der Waals surface area contributed by atoms with E-state index in [1.54, 1.807) is 0 Å². The molecule has 0 unspecified atom stereocenters. The van der Waals surface area contributed by atoms with Gasteiger partial charge in [-0.25, -0.2) is 0 Å². The van der Waals surface area contributed by atoms with E-state index in [9.17, 15) is 0 Å². The number of benzene rings is 1. The molecular weight excluding hydrogens is 357 g/mol. The van der Waals surface area contributed by atoms with Crippen LogP contribution in [-0.2, 0) is 0 Å². The summed E-state index contributed by atoms with van der Waals surface area (Å²) in [5, 5.41) is 7.17. The Labute approximate surface area is 157 Å². The summed E-state index contributed by atoms with van der Waals surface area (Å²) in [5.74, 6) is 0.858. The fourth-order valence-corrected chi connectivity index (χ4v) is 3.09. The summed E-state index contributed by atoms with van der Waals surface area (Å²) in [6, 6.07) is 5.68. The molecular formula is C18H21Cl2N5. The average molecular weight is 378 g/mol. The fourth-order valence-electron chi connectivity index (χ4n) is 2.75. The van der Waals surface area contributed by atoms with Crippen molar-refractivity contribution in [3.8, 4) is 0 Å². The molecule has 2 N–H and O–H groups in total. The summed E-state index contributed by atoms with van der Waals surface area (Å²) in [6.07, 6.45) is 8.33. The molecule has 2 aromatic rings. The molecule has 0 spiro atoms. The van der Waals surface area contributed by atoms with Gasteiger partial charge in [-0.05, 0) is 68.3 Å². The second-order valence-electron chi connectivity index (χ2n) is 6.13. The van der Waals surface area contributed by atoms with Crippen molar-refractivity contribution in [2.24, 2.45) is 0 Å². The summed E-state index contributed by atoms with van der Waals surface area (Å²) >= 11 is 12.2. The lowest BCUT2D eigenvalue weighted by Crippen LogP contribution is -2.09. The van der Waals surface area contributed by atoms with Gasteiger partial charge in [0.2, 0.25) is 17.2 Å². The second-order valence-corrected chi connectivity index (χ2v) is 6.87. The van der Waals surface area contributed by atoms with Crippen molar-refractivity contribution < 1.29 is 0 Å². The summed E-state index contributed by atoms with van der Waals surface area (Å²) in [7, 11) is 0. The molecule has 0 saturated carbocycles. The van der Waals surface area contributed by atoms with Crippen LogP contribution in [0.25, 0.3) is 0 Å². The molecule has 0 bridgehead atoms. The molecule has 0 aliphatic heterocycles. The number of allylic oxidation sites excluding steroid dienone is 1. The molecule has 25 heavy (non-hydrogen) atoms. The quantitative estimate of drug-likeness (QED) is 0.647. The number of halogens is 2. The Morgan fingerprint density at radius 3 is 2.68 bits per heavy atom. The maximum absolute atomic E-state index is 6.15. The van der Waals surface area contributed by atoms with Crippen LogP contribution in [0.2, 0.25) is 10.3 Å². The predicted molar refractivity (Wildman–Crippen MR) is 104 cm³/mol. The largest absolute Gasteiger partial charge is 0.354 e. The monoisotopic (exact) mass is 377 g/mol. The number of aromatic nitrogens is 3. The first kappa shape index (κ1) is 18.0. The third kappa shape index (κ3) is 5.31. The topological polar surface area (TPSA) is 62.7 Å². The second kappa shape index (κ2) is 8.50. The minimum Gasteiger partial charge on any atom is -0.354 e. The minimum absolute atomic E-state index is 0.148. The van der Waals surface area contributed by atoms with E-state index in [1.807, 2.05) is 25.1 Å². The van der Waals surface area contributed by atoms with Gasteiger partial charge in [0, 0.05) is 17.3 Å². The van der Waals surface area contributed by atoms with E-state index in [0.29, 0.717) is 16.9 Å². The summed E-state index contributed by atoms with van der Waals surface area (Å²) < 4.78 is 0. The molecule has 0 fully saturated rings. The molecule has 0 atom stereocenters.